The molecule has 1 aliphatic rings. The highest BCUT2D eigenvalue weighted by molar-refractivity contribution is 5.85. The SMILES string of the molecule is CC(NC(=O)[C@@H]1CC[C@H](CN)O1)c1nc2ccccc2n1C(F)F.Cl.Cl. The highest BCUT2D eigenvalue weighted by Gasteiger charge is 2.31. The van der Waals surface area contributed by atoms with E-state index in [2.05, 4.69) is 10.3 Å². The van der Waals surface area contributed by atoms with Gasteiger partial charge in [0.1, 0.15) is 11.9 Å². The Morgan fingerprint density at radius 1 is 1.38 bits per heavy atom. The summed E-state index contributed by atoms with van der Waals surface area (Å²) in [6.07, 6.45) is 0.580. The summed E-state index contributed by atoms with van der Waals surface area (Å²) in [5.74, 6) is -0.209. The van der Waals surface area contributed by atoms with Crippen molar-refractivity contribution in [3.63, 3.8) is 0 Å². The van der Waals surface area contributed by atoms with Crippen LogP contribution in [0.15, 0.2) is 24.3 Å². The highest BCUT2D eigenvalue weighted by Crippen LogP contribution is 2.27. The van der Waals surface area contributed by atoms with Crippen LogP contribution in [0, 0.1) is 0 Å². The fourth-order valence-corrected chi connectivity index (χ4v) is 3.02. The van der Waals surface area contributed by atoms with Crippen molar-refractivity contribution in [3.8, 4) is 0 Å². The smallest absolute Gasteiger partial charge is 0.320 e. The molecule has 1 amide bonds. The van der Waals surface area contributed by atoms with Crippen LogP contribution in [-0.2, 0) is 9.53 Å². The largest absolute Gasteiger partial charge is 0.364 e. The average Bonchev–Trinajstić information content (AvgIpc) is 3.19. The van der Waals surface area contributed by atoms with Gasteiger partial charge >= 0.3 is 6.55 Å². The van der Waals surface area contributed by atoms with E-state index < -0.39 is 18.7 Å². The molecule has 2 heterocycles. The molecule has 146 valence electrons. The van der Waals surface area contributed by atoms with Crippen molar-refractivity contribution in [1.82, 2.24) is 14.9 Å². The van der Waals surface area contributed by atoms with E-state index in [-0.39, 0.29) is 42.6 Å². The molecule has 3 rings (SSSR count). The predicted octanol–water partition coefficient (Wildman–Crippen LogP) is 2.96. The van der Waals surface area contributed by atoms with Crippen molar-refractivity contribution in [1.29, 1.82) is 0 Å². The van der Waals surface area contributed by atoms with Gasteiger partial charge in [-0.2, -0.15) is 8.78 Å². The van der Waals surface area contributed by atoms with Gasteiger partial charge in [-0.15, -0.1) is 24.8 Å². The monoisotopic (exact) mass is 410 g/mol. The van der Waals surface area contributed by atoms with Crippen LogP contribution in [0.25, 0.3) is 11.0 Å². The first-order chi connectivity index (χ1) is 11.5. The Hall–Kier alpha value is -1.48. The number of para-hydroxylation sites is 2. The number of ether oxygens (including phenoxy) is 1. The first-order valence-corrected chi connectivity index (χ1v) is 7.92. The molecule has 0 radical (unpaired) electrons. The van der Waals surface area contributed by atoms with Gasteiger partial charge in [0.05, 0.1) is 23.2 Å². The molecule has 3 N–H and O–H groups in total. The van der Waals surface area contributed by atoms with E-state index in [0.717, 1.165) is 11.0 Å². The molecule has 0 bridgehead atoms. The number of hydrogen-bond acceptors (Lipinski definition) is 4. The van der Waals surface area contributed by atoms with E-state index in [0.29, 0.717) is 24.0 Å². The van der Waals surface area contributed by atoms with Crippen LogP contribution in [0.1, 0.15) is 38.2 Å². The Morgan fingerprint density at radius 3 is 2.69 bits per heavy atom. The third kappa shape index (κ3) is 4.43. The van der Waals surface area contributed by atoms with Crippen molar-refractivity contribution in [2.75, 3.05) is 6.54 Å². The summed E-state index contributed by atoms with van der Waals surface area (Å²) in [5.41, 5.74) is 6.34. The van der Waals surface area contributed by atoms with Crippen LogP contribution in [-0.4, -0.2) is 34.2 Å². The molecule has 1 aromatic heterocycles. The summed E-state index contributed by atoms with van der Waals surface area (Å²) >= 11 is 0. The molecule has 0 spiro atoms. The maximum absolute atomic E-state index is 13.5. The summed E-state index contributed by atoms with van der Waals surface area (Å²) in [6.45, 7) is -0.746. The number of aromatic nitrogens is 2. The zero-order valence-corrected chi connectivity index (χ0v) is 15.7. The number of rotatable bonds is 5. The number of halogens is 4. The van der Waals surface area contributed by atoms with Crippen molar-refractivity contribution in [3.05, 3.63) is 30.1 Å². The van der Waals surface area contributed by atoms with Gasteiger partial charge in [0.2, 0.25) is 5.91 Å². The van der Waals surface area contributed by atoms with E-state index in [4.69, 9.17) is 10.5 Å². The molecule has 1 aliphatic heterocycles. The van der Waals surface area contributed by atoms with Crippen LogP contribution in [0.5, 0.6) is 0 Å². The van der Waals surface area contributed by atoms with E-state index in [1.807, 2.05) is 0 Å². The van der Waals surface area contributed by atoms with Crippen molar-refractivity contribution < 1.29 is 18.3 Å². The van der Waals surface area contributed by atoms with E-state index in [1.165, 1.54) is 0 Å². The van der Waals surface area contributed by atoms with Gasteiger partial charge in [-0.25, -0.2) is 4.98 Å². The standard InChI is InChI=1S/C16H20F2N4O2.2ClH/c1-9(20-15(23)13-7-6-10(8-19)24-13)14-21-11-4-2-3-5-12(11)22(14)16(17)18;;/h2-5,9-10,13,16H,6-8,19H2,1H3,(H,20,23);2*1H/t9?,10-,13+;;/m1../s1. The zero-order chi connectivity index (χ0) is 17.3. The van der Waals surface area contributed by atoms with Crippen LogP contribution < -0.4 is 11.1 Å². The molecule has 1 fully saturated rings. The molecule has 10 heteroatoms. The van der Waals surface area contributed by atoms with Crippen molar-refractivity contribution >= 4 is 41.8 Å². The topological polar surface area (TPSA) is 82.2 Å². The second kappa shape index (κ2) is 9.45. The lowest BCUT2D eigenvalue weighted by Gasteiger charge is -2.18. The second-order valence-corrected chi connectivity index (χ2v) is 5.90. The lowest BCUT2D eigenvalue weighted by Crippen LogP contribution is -2.37. The Balaban J connectivity index is 0.00000169. The molecule has 26 heavy (non-hydrogen) atoms. The van der Waals surface area contributed by atoms with Gasteiger partial charge in [-0.05, 0) is 31.9 Å². The van der Waals surface area contributed by atoms with Gasteiger partial charge in [-0.3, -0.25) is 9.36 Å². The van der Waals surface area contributed by atoms with Gasteiger partial charge in [0, 0.05) is 6.54 Å². The van der Waals surface area contributed by atoms with E-state index in [1.54, 1.807) is 31.2 Å². The first kappa shape index (κ1) is 22.6. The van der Waals surface area contributed by atoms with Gasteiger partial charge in [0.25, 0.3) is 0 Å². The zero-order valence-electron chi connectivity index (χ0n) is 14.1. The minimum Gasteiger partial charge on any atom is -0.364 e. The maximum atomic E-state index is 13.5. The summed E-state index contributed by atoms with van der Waals surface area (Å²) in [6, 6.07) is 5.99. The van der Waals surface area contributed by atoms with Crippen molar-refractivity contribution in [2.45, 2.75) is 44.6 Å². The molecule has 0 aliphatic carbocycles. The van der Waals surface area contributed by atoms with Crippen LogP contribution in [0.4, 0.5) is 8.78 Å². The normalized spacial score (nSPS) is 20.5. The minimum atomic E-state index is -2.74. The Kier molecular flexibility index (Phi) is 8.20. The molecule has 1 aromatic carbocycles. The molecule has 1 saturated heterocycles. The summed E-state index contributed by atoms with van der Waals surface area (Å²) < 4.78 is 33.3. The third-order valence-electron chi connectivity index (χ3n) is 4.23. The average molecular weight is 411 g/mol. The number of fused-ring (bicyclic) bond motifs is 1. The summed E-state index contributed by atoms with van der Waals surface area (Å²) in [4.78, 5) is 16.5. The number of nitrogens with two attached hydrogens (primary N) is 1. The number of alkyl halides is 2. The molecule has 1 unspecified atom stereocenters. The second-order valence-electron chi connectivity index (χ2n) is 5.90. The molecule has 6 nitrogen and oxygen atoms in total. The highest BCUT2D eigenvalue weighted by atomic mass is 35.5. The summed E-state index contributed by atoms with van der Waals surface area (Å²) in [5, 5.41) is 2.72. The number of benzene rings is 1. The van der Waals surface area contributed by atoms with Gasteiger partial charge < -0.3 is 15.8 Å². The van der Waals surface area contributed by atoms with Gasteiger partial charge in [-0.1, -0.05) is 12.1 Å². The lowest BCUT2D eigenvalue weighted by molar-refractivity contribution is -0.132. The number of imidazole rings is 1. The summed E-state index contributed by atoms with van der Waals surface area (Å²) in [7, 11) is 0. The predicted molar refractivity (Wildman–Crippen MR) is 99.0 cm³/mol. The van der Waals surface area contributed by atoms with E-state index in [9.17, 15) is 13.6 Å². The Morgan fingerprint density at radius 2 is 2.08 bits per heavy atom. The third-order valence-corrected chi connectivity index (χ3v) is 4.23. The maximum Gasteiger partial charge on any atom is 0.320 e. The molecular weight excluding hydrogens is 389 g/mol. The molecule has 2 aromatic rings. The minimum absolute atomic E-state index is 0. The number of carbonyl (C=O) groups is 1. The molecule has 0 saturated carbocycles. The van der Waals surface area contributed by atoms with Crippen molar-refractivity contribution in [2.24, 2.45) is 5.73 Å². The number of nitrogens with zero attached hydrogens (tertiary/aromatic N) is 2. The number of nitrogens with one attached hydrogen (secondary N) is 1. The fourth-order valence-electron chi connectivity index (χ4n) is 3.02. The Labute approximate surface area is 162 Å². The Bertz CT molecular complexity index is 744. The van der Waals surface area contributed by atoms with Crippen LogP contribution in [0.3, 0.4) is 0 Å². The van der Waals surface area contributed by atoms with Gasteiger partial charge in [0.15, 0.2) is 0 Å². The van der Waals surface area contributed by atoms with Crippen LogP contribution in [0.2, 0.25) is 0 Å². The number of hydrogen-bond donors (Lipinski definition) is 2. The number of carbonyl (C=O) groups excluding carboxylic acids is 1. The lowest BCUT2D eigenvalue weighted by atomic mass is 10.2. The molecule has 3 atom stereocenters. The fraction of sp³-hybridized carbons (Fsp3) is 0.500. The first-order valence-electron chi connectivity index (χ1n) is 7.92. The quantitative estimate of drug-likeness (QED) is 0.793. The molecular formula is C16H22Cl2F2N4O2. The van der Waals surface area contributed by atoms with E-state index >= 15 is 0 Å². The van der Waals surface area contributed by atoms with Crippen LogP contribution >= 0.6 is 24.8 Å². The number of amides is 1.